The highest BCUT2D eigenvalue weighted by molar-refractivity contribution is 9.09. The maximum absolute atomic E-state index is 5.51. The fourth-order valence-electron chi connectivity index (χ4n) is 1.33. The third kappa shape index (κ3) is 9.43. The fraction of sp³-hybridized carbons (Fsp3) is 1.00. The van der Waals surface area contributed by atoms with Gasteiger partial charge in [0.1, 0.15) is 24.3 Å². The molecule has 0 aromatic carbocycles. The van der Waals surface area contributed by atoms with Crippen molar-refractivity contribution in [2.75, 3.05) is 67.0 Å². The zero-order chi connectivity index (χ0) is 17.6. The molecule has 0 aliphatic heterocycles. The van der Waals surface area contributed by atoms with Crippen molar-refractivity contribution in [1.29, 1.82) is 0 Å². The lowest BCUT2D eigenvalue weighted by Gasteiger charge is -2.23. The topological polar surface area (TPSA) is 73.8 Å². The van der Waals surface area contributed by atoms with Gasteiger partial charge in [0, 0.05) is 42.7 Å². The van der Waals surface area contributed by atoms with Crippen LogP contribution in [0.4, 0.5) is 0 Å². The average molecular weight is 427 g/mol. The molecule has 0 saturated carbocycles. The molecule has 0 N–H and O–H groups in total. The number of ether oxygens (including phenoxy) is 2. The summed E-state index contributed by atoms with van der Waals surface area (Å²) in [6, 6.07) is 0. The van der Waals surface area contributed by atoms with E-state index in [0.717, 1.165) is 0 Å². The second-order valence-electron chi connectivity index (χ2n) is 3.83. The minimum absolute atomic E-state index is 0.314. The zero-order valence-electron chi connectivity index (χ0n) is 14.3. The van der Waals surface area contributed by atoms with E-state index in [2.05, 4.69) is 0 Å². The van der Waals surface area contributed by atoms with Gasteiger partial charge in [-0.2, -0.15) is 0 Å². The van der Waals surface area contributed by atoms with Crippen LogP contribution in [0.25, 0.3) is 0 Å². The maximum Gasteiger partial charge on any atom is 0.527 e. The predicted octanol–water partition coefficient (Wildman–Crippen LogP) is 1.80. The maximum atomic E-state index is 5.51. The predicted molar refractivity (Wildman–Crippen MR) is 98.0 cm³/mol. The summed E-state index contributed by atoms with van der Waals surface area (Å²) in [7, 11) is 8.72. The molecule has 0 saturated heterocycles. The molecule has 0 rings (SSSR count). The molecule has 0 spiro atoms. The van der Waals surface area contributed by atoms with E-state index < -0.39 is 17.6 Å². The lowest BCUT2D eigenvalue weighted by atomic mass is 11.5. The van der Waals surface area contributed by atoms with Gasteiger partial charge in [-0.15, -0.1) is 0 Å². The first-order valence-corrected chi connectivity index (χ1v) is 14.1. The molecule has 0 atom stereocenters. The van der Waals surface area contributed by atoms with Crippen LogP contribution in [0.2, 0.25) is 0 Å². The van der Waals surface area contributed by atoms with Crippen molar-refractivity contribution in [3.05, 3.63) is 0 Å². The molecule has 0 radical (unpaired) electrons. The van der Waals surface area contributed by atoms with Crippen LogP contribution in [-0.2, 0) is 36.0 Å². The van der Waals surface area contributed by atoms with E-state index >= 15 is 0 Å². The molecule has 0 amide bonds. The summed E-state index contributed by atoms with van der Waals surface area (Å²) in [6.45, 7) is 0. The van der Waals surface area contributed by atoms with Gasteiger partial charge < -0.3 is 36.0 Å². The average Bonchev–Trinajstić information content (AvgIpc) is 2.61. The Morgan fingerprint density at radius 2 is 0.870 bits per heavy atom. The third-order valence-corrected chi connectivity index (χ3v) is 11.2. The molecule has 0 aliphatic carbocycles. The van der Waals surface area contributed by atoms with Crippen molar-refractivity contribution >= 4 is 49.0 Å². The Balaban J connectivity index is 3.64. The molecule has 0 bridgehead atoms. The Hall–Kier alpha value is 1.16. The van der Waals surface area contributed by atoms with Gasteiger partial charge >= 0.3 is 17.6 Å². The van der Waals surface area contributed by atoms with E-state index in [1.54, 1.807) is 74.1 Å². The van der Waals surface area contributed by atoms with Crippen LogP contribution in [0.1, 0.15) is 0 Å². The van der Waals surface area contributed by atoms with Gasteiger partial charge in [0.2, 0.25) is 0 Å². The smallest absolute Gasteiger partial charge is 0.375 e. The summed E-state index contributed by atoms with van der Waals surface area (Å²) >= 11 is 0. The van der Waals surface area contributed by atoms with Crippen LogP contribution in [-0.4, -0.2) is 84.6 Å². The summed E-state index contributed by atoms with van der Waals surface area (Å²) < 4.78 is 42.5. The third-order valence-electron chi connectivity index (χ3n) is 2.78. The van der Waals surface area contributed by atoms with E-state index in [0.29, 0.717) is 24.3 Å². The van der Waals surface area contributed by atoms with Gasteiger partial charge in [0.05, 0.1) is 0 Å². The first-order chi connectivity index (χ1) is 11.1. The van der Waals surface area contributed by atoms with Crippen LogP contribution in [0.15, 0.2) is 0 Å². The van der Waals surface area contributed by atoms with E-state index in [4.69, 9.17) is 36.0 Å². The molecule has 0 aromatic rings. The molecular formula is C10H26O8S3Si2. The Bertz CT molecular complexity index is 242. The molecule has 0 heterocycles. The lowest BCUT2D eigenvalue weighted by molar-refractivity contribution is 0.0772. The van der Waals surface area contributed by atoms with Gasteiger partial charge in [-0.1, -0.05) is 21.6 Å². The van der Waals surface area contributed by atoms with Crippen molar-refractivity contribution in [3.63, 3.8) is 0 Å². The minimum atomic E-state index is -2.65. The first-order valence-electron chi connectivity index (χ1n) is 6.45. The van der Waals surface area contributed by atoms with Gasteiger partial charge in [0.15, 0.2) is 0 Å². The van der Waals surface area contributed by atoms with Gasteiger partial charge in [0.25, 0.3) is 0 Å². The van der Waals surface area contributed by atoms with E-state index in [-0.39, 0.29) is 0 Å². The molecule has 13 heteroatoms. The Labute approximate surface area is 152 Å². The Morgan fingerprint density at radius 3 is 1.13 bits per heavy atom. The molecule has 23 heavy (non-hydrogen) atoms. The molecule has 0 unspecified atom stereocenters. The van der Waals surface area contributed by atoms with Gasteiger partial charge in [-0.3, -0.25) is 0 Å². The van der Waals surface area contributed by atoms with Gasteiger partial charge in [-0.25, -0.2) is 0 Å². The van der Waals surface area contributed by atoms with Crippen LogP contribution in [0.5, 0.6) is 0 Å². The number of rotatable bonds is 16. The van der Waals surface area contributed by atoms with Gasteiger partial charge in [-0.05, 0) is 9.83 Å². The summed E-state index contributed by atoms with van der Waals surface area (Å²) in [6.07, 6.45) is 0.629. The van der Waals surface area contributed by atoms with Crippen molar-refractivity contribution < 1.29 is 36.0 Å². The summed E-state index contributed by atoms with van der Waals surface area (Å²) in [5, 5.41) is 0. The van der Waals surface area contributed by atoms with E-state index in [1.165, 1.54) is 0 Å². The standard InChI is InChI=1S/C10H26O8S3Si2/c1-11-22(12-2,13-3)9-17-7-19-21-20-8-18-10-23(14-4,15-5)16-6/h7-10H2,1-6H3. The fourth-order valence-corrected chi connectivity index (χ4v) is 6.65. The Morgan fingerprint density at radius 1 is 0.565 bits per heavy atom. The molecular weight excluding hydrogens is 400 g/mol. The second kappa shape index (κ2) is 14.3. The largest absolute Gasteiger partial charge is 0.527 e. The van der Waals surface area contributed by atoms with E-state index in [9.17, 15) is 0 Å². The van der Waals surface area contributed by atoms with Crippen molar-refractivity contribution in [3.8, 4) is 0 Å². The van der Waals surface area contributed by atoms with Crippen molar-refractivity contribution in [2.24, 2.45) is 0 Å². The summed E-state index contributed by atoms with van der Waals surface area (Å²) in [5.74, 6) is 0.991. The zero-order valence-corrected chi connectivity index (χ0v) is 18.8. The normalized spacial score (nSPS) is 12.8. The van der Waals surface area contributed by atoms with Crippen molar-refractivity contribution in [2.45, 2.75) is 0 Å². The van der Waals surface area contributed by atoms with E-state index in [1.807, 2.05) is 0 Å². The quantitative estimate of drug-likeness (QED) is 0.157. The summed E-state index contributed by atoms with van der Waals surface area (Å²) in [4.78, 5) is 0. The highest BCUT2D eigenvalue weighted by Crippen LogP contribution is 2.34. The molecule has 140 valence electrons. The van der Waals surface area contributed by atoms with Crippen LogP contribution in [0.3, 0.4) is 0 Å². The number of hydrogen-bond donors (Lipinski definition) is 0. The molecule has 8 nitrogen and oxygen atoms in total. The van der Waals surface area contributed by atoms with Crippen LogP contribution < -0.4 is 0 Å². The highest BCUT2D eigenvalue weighted by Gasteiger charge is 2.39. The minimum Gasteiger partial charge on any atom is -0.375 e. The Kier molecular flexibility index (Phi) is 15.1. The number of hydrogen-bond acceptors (Lipinski definition) is 11. The van der Waals surface area contributed by atoms with Crippen LogP contribution >= 0.6 is 31.4 Å². The molecule has 0 aliphatic rings. The molecule has 0 fully saturated rings. The summed E-state index contributed by atoms with van der Waals surface area (Å²) in [5.41, 5.74) is 0. The molecule has 0 aromatic heterocycles. The second-order valence-corrected chi connectivity index (χ2v) is 13.7. The monoisotopic (exact) mass is 426 g/mol. The van der Waals surface area contributed by atoms with Crippen LogP contribution in [0, 0.1) is 0 Å². The SMILES string of the molecule is CO[Si](COCSSSCOC[Si](OC)(OC)OC)(OC)OC. The lowest BCUT2D eigenvalue weighted by Crippen LogP contribution is -2.48. The highest BCUT2D eigenvalue weighted by atomic mass is 33.5. The first kappa shape index (κ1) is 24.2. The van der Waals surface area contributed by atoms with Crippen molar-refractivity contribution in [1.82, 2.24) is 0 Å².